The molecule has 1 aromatic rings. The summed E-state index contributed by atoms with van der Waals surface area (Å²) in [6, 6.07) is 3.98. The van der Waals surface area contributed by atoms with Gasteiger partial charge >= 0.3 is 6.03 Å². The lowest BCUT2D eigenvalue weighted by atomic mass is 10.2. The molecular weight excluding hydrogens is 216 g/mol. The third-order valence-electron chi connectivity index (χ3n) is 2.84. The van der Waals surface area contributed by atoms with Crippen LogP contribution in [0.15, 0.2) is 24.5 Å². The molecule has 0 unspecified atom stereocenters. The molecule has 2 rings (SSSR count). The number of amides is 2. The number of hydrogen-bond donors (Lipinski definition) is 2. The molecule has 0 aliphatic carbocycles. The van der Waals surface area contributed by atoms with Crippen LogP contribution < -0.4 is 10.6 Å². The highest BCUT2D eigenvalue weighted by molar-refractivity contribution is 5.74. The van der Waals surface area contributed by atoms with Crippen LogP contribution in [0.25, 0.3) is 0 Å². The van der Waals surface area contributed by atoms with Gasteiger partial charge < -0.3 is 15.5 Å². The first kappa shape index (κ1) is 11.9. The number of carbonyl (C=O) groups excluding carboxylic acids is 1. The Morgan fingerprint density at radius 1 is 1.35 bits per heavy atom. The number of hydrogen-bond acceptors (Lipinski definition) is 3. The van der Waals surface area contributed by atoms with E-state index in [1.807, 2.05) is 17.0 Å². The summed E-state index contributed by atoms with van der Waals surface area (Å²) in [5, 5.41) is 6.16. The Labute approximate surface area is 101 Å². The zero-order valence-corrected chi connectivity index (χ0v) is 9.85. The number of urea groups is 1. The van der Waals surface area contributed by atoms with Crippen molar-refractivity contribution in [2.24, 2.45) is 0 Å². The summed E-state index contributed by atoms with van der Waals surface area (Å²) in [6.45, 7) is 4.03. The molecule has 2 amide bonds. The average Bonchev–Trinajstić information content (AvgIpc) is 2.41. The van der Waals surface area contributed by atoms with Gasteiger partial charge in [0.15, 0.2) is 0 Å². The first-order valence-corrected chi connectivity index (χ1v) is 5.98. The van der Waals surface area contributed by atoms with E-state index in [1.54, 1.807) is 12.4 Å². The zero-order chi connectivity index (χ0) is 11.9. The second-order valence-corrected chi connectivity index (χ2v) is 4.07. The Morgan fingerprint density at radius 3 is 2.76 bits per heavy atom. The van der Waals surface area contributed by atoms with Gasteiger partial charge in [-0.05, 0) is 24.1 Å². The second-order valence-electron chi connectivity index (χ2n) is 4.07. The quantitative estimate of drug-likeness (QED) is 0.787. The minimum absolute atomic E-state index is 0.0422. The standard InChI is InChI=1S/C12H18N4O/c17-12(16-9-7-14-8-10-16)15-6-3-11-1-4-13-5-2-11/h1-2,4-5,14H,3,6-10H2,(H,15,17). The van der Waals surface area contributed by atoms with Gasteiger partial charge in [-0.25, -0.2) is 4.79 Å². The molecule has 2 N–H and O–H groups in total. The van der Waals surface area contributed by atoms with Gasteiger partial charge in [0.2, 0.25) is 0 Å². The molecule has 92 valence electrons. The molecule has 17 heavy (non-hydrogen) atoms. The zero-order valence-electron chi connectivity index (χ0n) is 9.85. The maximum Gasteiger partial charge on any atom is 0.317 e. The van der Waals surface area contributed by atoms with Crippen LogP contribution in [0.3, 0.4) is 0 Å². The fourth-order valence-corrected chi connectivity index (χ4v) is 1.84. The number of rotatable bonds is 3. The van der Waals surface area contributed by atoms with E-state index in [2.05, 4.69) is 15.6 Å². The fourth-order valence-electron chi connectivity index (χ4n) is 1.84. The number of pyridine rings is 1. The molecular formula is C12H18N4O. The van der Waals surface area contributed by atoms with Crippen LogP contribution in [0.1, 0.15) is 5.56 Å². The highest BCUT2D eigenvalue weighted by Crippen LogP contribution is 1.97. The van der Waals surface area contributed by atoms with Crippen molar-refractivity contribution in [2.75, 3.05) is 32.7 Å². The molecule has 1 aromatic heterocycles. The van der Waals surface area contributed by atoms with Gasteiger partial charge in [-0.1, -0.05) is 0 Å². The maximum atomic E-state index is 11.8. The molecule has 5 heteroatoms. The van der Waals surface area contributed by atoms with Gasteiger partial charge in [-0.3, -0.25) is 4.98 Å². The van der Waals surface area contributed by atoms with E-state index in [0.29, 0.717) is 6.54 Å². The Balaban J connectivity index is 1.69. The smallest absolute Gasteiger partial charge is 0.317 e. The van der Waals surface area contributed by atoms with E-state index in [-0.39, 0.29) is 6.03 Å². The first-order valence-electron chi connectivity index (χ1n) is 5.98. The Kier molecular flexibility index (Phi) is 4.32. The van der Waals surface area contributed by atoms with Crippen LogP contribution in [-0.4, -0.2) is 48.6 Å². The lowest BCUT2D eigenvalue weighted by Gasteiger charge is -2.27. The lowest BCUT2D eigenvalue weighted by molar-refractivity contribution is 0.190. The summed E-state index contributed by atoms with van der Waals surface area (Å²) in [6.07, 6.45) is 4.39. The number of piperazine rings is 1. The van der Waals surface area contributed by atoms with Gasteiger partial charge in [0.1, 0.15) is 0 Å². The van der Waals surface area contributed by atoms with Gasteiger partial charge in [-0.2, -0.15) is 0 Å². The van der Waals surface area contributed by atoms with Crippen molar-refractivity contribution in [1.82, 2.24) is 20.5 Å². The van der Waals surface area contributed by atoms with Crippen LogP contribution in [0.4, 0.5) is 4.79 Å². The summed E-state index contributed by atoms with van der Waals surface area (Å²) in [5.74, 6) is 0. The summed E-state index contributed by atoms with van der Waals surface area (Å²) in [7, 11) is 0. The molecule has 1 aliphatic heterocycles. The number of aromatic nitrogens is 1. The van der Waals surface area contributed by atoms with Crippen molar-refractivity contribution in [2.45, 2.75) is 6.42 Å². The molecule has 1 aliphatic rings. The maximum absolute atomic E-state index is 11.8. The summed E-state index contributed by atoms with van der Waals surface area (Å²) < 4.78 is 0. The van der Waals surface area contributed by atoms with Crippen molar-refractivity contribution >= 4 is 6.03 Å². The van der Waals surface area contributed by atoms with Crippen molar-refractivity contribution in [3.05, 3.63) is 30.1 Å². The Bertz CT molecular complexity index is 349. The van der Waals surface area contributed by atoms with E-state index in [9.17, 15) is 4.79 Å². The average molecular weight is 234 g/mol. The largest absolute Gasteiger partial charge is 0.338 e. The molecule has 5 nitrogen and oxygen atoms in total. The van der Waals surface area contributed by atoms with Crippen LogP contribution in [0, 0.1) is 0 Å². The lowest BCUT2D eigenvalue weighted by Crippen LogP contribution is -2.50. The first-order chi connectivity index (χ1) is 8.36. The number of nitrogens with one attached hydrogen (secondary N) is 2. The minimum atomic E-state index is 0.0422. The van der Waals surface area contributed by atoms with E-state index in [1.165, 1.54) is 5.56 Å². The van der Waals surface area contributed by atoms with Gasteiger partial charge in [-0.15, -0.1) is 0 Å². The van der Waals surface area contributed by atoms with Crippen molar-refractivity contribution in [1.29, 1.82) is 0 Å². The highest BCUT2D eigenvalue weighted by atomic mass is 16.2. The summed E-state index contributed by atoms with van der Waals surface area (Å²) >= 11 is 0. The van der Waals surface area contributed by atoms with Crippen LogP contribution in [-0.2, 0) is 6.42 Å². The molecule has 0 spiro atoms. The molecule has 0 bridgehead atoms. The van der Waals surface area contributed by atoms with E-state index < -0.39 is 0 Å². The van der Waals surface area contributed by atoms with E-state index in [4.69, 9.17) is 0 Å². The monoisotopic (exact) mass is 234 g/mol. The molecule has 0 saturated carbocycles. The van der Waals surface area contributed by atoms with Gasteiger partial charge in [0, 0.05) is 45.1 Å². The van der Waals surface area contributed by atoms with E-state index >= 15 is 0 Å². The van der Waals surface area contributed by atoms with Gasteiger partial charge in [0.05, 0.1) is 0 Å². The molecule has 1 saturated heterocycles. The number of carbonyl (C=O) groups is 1. The molecule has 0 aromatic carbocycles. The van der Waals surface area contributed by atoms with Gasteiger partial charge in [0.25, 0.3) is 0 Å². The normalized spacial score (nSPS) is 15.6. The molecule has 1 fully saturated rings. The van der Waals surface area contributed by atoms with Crippen LogP contribution >= 0.6 is 0 Å². The van der Waals surface area contributed by atoms with Crippen LogP contribution in [0.2, 0.25) is 0 Å². The van der Waals surface area contributed by atoms with E-state index in [0.717, 1.165) is 32.6 Å². The second kappa shape index (κ2) is 6.20. The fraction of sp³-hybridized carbons (Fsp3) is 0.500. The SMILES string of the molecule is O=C(NCCc1ccncc1)N1CCNCC1. The Morgan fingerprint density at radius 2 is 2.06 bits per heavy atom. The molecule has 0 radical (unpaired) electrons. The predicted octanol–water partition coefficient (Wildman–Crippen LogP) is 0.239. The molecule has 2 heterocycles. The summed E-state index contributed by atoms with van der Waals surface area (Å²) in [4.78, 5) is 17.6. The third-order valence-corrected chi connectivity index (χ3v) is 2.84. The molecule has 0 atom stereocenters. The minimum Gasteiger partial charge on any atom is -0.338 e. The van der Waals surface area contributed by atoms with Crippen molar-refractivity contribution in [3.63, 3.8) is 0 Å². The topological polar surface area (TPSA) is 57.3 Å². The van der Waals surface area contributed by atoms with Crippen molar-refractivity contribution in [3.8, 4) is 0 Å². The third kappa shape index (κ3) is 3.71. The summed E-state index contributed by atoms with van der Waals surface area (Å²) in [5.41, 5.74) is 1.20. The van der Waals surface area contributed by atoms with Crippen LogP contribution in [0.5, 0.6) is 0 Å². The van der Waals surface area contributed by atoms with Crippen molar-refractivity contribution < 1.29 is 4.79 Å². The predicted molar refractivity (Wildman–Crippen MR) is 65.8 cm³/mol. The number of nitrogens with zero attached hydrogens (tertiary/aromatic N) is 2. The highest BCUT2D eigenvalue weighted by Gasteiger charge is 2.14. The Hall–Kier alpha value is -1.62.